The van der Waals surface area contributed by atoms with Crippen molar-refractivity contribution in [2.45, 2.75) is 65.2 Å². The molecular weight excluding hydrogens is 518 g/mol. The number of furan rings is 1. The van der Waals surface area contributed by atoms with E-state index in [0.29, 0.717) is 31.4 Å². The standard InChI is InChI=1S/C37H45N3O2/c1-28(2)40(26-29-16-18-32(19-17-29)37(3,4)5)27-33-20-21-34(42-33)36(41)39-24-22-38(23-25-39)35(30-12-8-6-9-13-30)31-14-10-7-11-15-31/h6-21,28,35H,22-27H2,1-5H3. The zero-order valence-corrected chi connectivity index (χ0v) is 25.8. The molecule has 1 fully saturated rings. The molecule has 3 aromatic carbocycles. The van der Waals surface area contributed by atoms with Crippen molar-refractivity contribution in [3.63, 3.8) is 0 Å². The zero-order chi connectivity index (χ0) is 29.7. The van der Waals surface area contributed by atoms with Gasteiger partial charge in [-0.3, -0.25) is 14.6 Å². The summed E-state index contributed by atoms with van der Waals surface area (Å²) in [4.78, 5) is 20.2. The first kappa shape index (κ1) is 29.8. The average Bonchev–Trinajstić information content (AvgIpc) is 3.46. The predicted molar refractivity (Wildman–Crippen MR) is 170 cm³/mol. The second-order valence-corrected chi connectivity index (χ2v) is 12.8. The Kier molecular flexibility index (Phi) is 9.30. The van der Waals surface area contributed by atoms with E-state index in [9.17, 15) is 4.79 Å². The van der Waals surface area contributed by atoms with Crippen LogP contribution in [-0.2, 0) is 18.5 Å². The Bertz CT molecular complexity index is 1370. The minimum Gasteiger partial charge on any atom is -0.455 e. The summed E-state index contributed by atoms with van der Waals surface area (Å²) >= 11 is 0. The topological polar surface area (TPSA) is 39.9 Å². The lowest BCUT2D eigenvalue weighted by atomic mass is 9.87. The molecule has 5 heteroatoms. The van der Waals surface area contributed by atoms with Gasteiger partial charge in [0.15, 0.2) is 5.76 Å². The minimum atomic E-state index is -0.0225. The molecule has 2 heterocycles. The highest BCUT2D eigenvalue weighted by Crippen LogP contribution is 2.30. The first-order valence-corrected chi connectivity index (χ1v) is 15.2. The molecule has 0 atom stereocenters. The molecule has 1 aliphatic heterocycles. The van der Waals surface area contributed by atoms with Crippen LogP contribution in [0.15, 0.2) is 101 Å². The number of nitrogens with zero attached hydrogens (tertiary/aromatic N) is 3. The third-order valence-electron chi connectivity index (χ3n) is 8.36. The quantitative estimate of drug-likeness (QED) is 0.211. The highest BCUT2D eigenvalue weighted by molar-refractivity contribution is 5.91. The largest absolute Gasteiger partial charge is 0.455 e. The molecule has 0 spiro atoms. The van der Waals surface area contributed by atoms with Gasteiger partial charge in [-0.25, -0.2) is 0 Å². The smallest absolute Gasteiger partial charge is 0.289 e. The Morgan fingerprint density at radius 1 is 0.762 bits per heavy atom. The van der Waals surface area contributed by atoms with Gasteiger partial charge in [-0.2, -0.15) is 0 Å². The van der Waals surface area contributed by atoms with Crippen molar-refractivity contribution in [3.8, 4) is 0 Å². The predicted octanol–water partition coefficient (Wildman–Crippen LogP) is 7.54. The first-order valence-electron chi connectivity index (χ1n) is 15.2. The third-order valence-corrected chi connectivity index (χ3v) is 8.36. The van der Waals surface area contributed by atoms with Gasteiger partial charge in [0.05, 0.1) is 12.6 Å². The Labute approximate surface area is 251 Å². The second-order valence-electron chi connectivity index (χ2n) is 12.8. The molecule has 5 nitrogen and oxygen atoms in total. The van der Waals surface area contributed by atoms with Crippen LogP contribution < -0.4 is 0 Å². The number of carbonyl (C=O) groups is 1. The number of carbonyl (C=O) groups excluding carboxylic acids is 1. The monoisotopic (exact) mass is 563 g/mol. The summed E-state index contributed by atoms with van der Waals surface area (Å²) in [5, 5.41) is 0. The number of benzene rings is 3. The Hall–Kier alpha value is -3.67. The van der Waals surface area contributed by atoms with E-state index in [1.807, 2.05) is 17.0 Å². The van der Waals surface area contributed by atoms with E-state index in [-0.39, 0.29) is 17.4 Å². The maximum Gasteiger partial charge on any atom is 0.289 e. The lowest BCUT2D eigenvalue weighted by Crippen LogP contribution is -2.49. The fourth-order valence-corrected chi connectivity index (χ4v) is 5.77. The third kappa shape index (κ3) is 7.21. The molecule has 0 radical (unpaired) electrons. The molecule has 1 amide bonds. The van der Waals surface area contributed by atoms with E-state index in [2.05, 4.69) is 129 Å². The van der Waals surface area contributed by atoms with Gasteiger partial charge < -0.3 is 9.32 Å². The Morgan fingerprint density at radius 3 is 1.86 bits per heavy atom. The maximum atomic E-state index is 13.5. The average molecular weight is 564 g/mol. The molecule has 0 N–H and O–H groups in total. The van der Waals surface area contributed by atoms with Crippen LogP contribution in [0.2, 0.25) is 0 Å². The summed E-state index contributed by atoms with van der Waals surface area (Å²) < 4.78 is 6.15. The van der Waals surface area contributed by atoms with Crippen LogP contribution >= 0.6 is 0 Å². The van der Waals surface area contributed by atoms with Gasteiger partial charge in [0.2, 0.25) is 0 Å². The van der Waals surface area contributed by atoms with Crippen LogP contribution in [0, 0.1) is 0 Å². The van der Waals surface area contributed by atoms with Crippen LogP contribution in [0.3, 0.4) is 0 Å². The molecule has 1 saturated heterocycles. The van der Waals surface area contributed by atoms with Gasteiger partial charge in [-0.15, -0.1) is 0 Å². The summed E-state index contributed by atoms with van der Waals surface area (Å²) in [6.07, 6.45) is 0. The SMILES string of the molecule is CC(C)N(Cc1ccc(C(C)(C)C)cc1)Cc1ccc(C(=O)N2CCN(C(c3ccccc3)c3ccccc3)CC2)o1. The van der Waals surface area contributed by atoms with E-state index < -0.39 is 0 Å². The normalized spacial score (nSPS) is 14.7. The molecule has 0 aliphatic carbocycles. The fourth-order valence-electron chi connectivity index (χ4n) is 5.77. The van der Waals surface area contributed by atoms with Crippen LogP contribution in [0.25, 0.3) is 0 Å². The van der Waals surface area contributed by atoms with Crippen molar-refractivity contribution in [3.05, 3.63) is 131 Å². The lowest BCUT2D eigenvalue weighted by Gasteiger charge is -2.39. The second kappa shape index (κ2) is 13.1. The molecule has 1 aliphatic rings. The van der Waals surface area contributed by atoms with E-state index in [0.717, 1.165) is 25.4 Å². The molecule has 0 saturated carbocycles. The van der Waals surface area contributed by atoms with E-state index >= 15 is 0 Å². The van der Waals surface area contributed by atoms with Crippen molar-refractivity contribution in [2.24, 2.45) is 0 Å². The summed E-state index contributed by atoms with van der Waals surface area (Å²) in [6.45, 7) is 15.6. The van der Waals surface area contributed by atoms with E-state index in [4.69, 9.17) is 4.42 Å². The lowest BCUT2D eigenvalue weighted by molar-refractivity contribution is 0.0563. The number of amides is 1. The van der Waals surface area contributed by atoms with E-state index in [1.54, 1.807) is 0 Å². The van der Waals surface area contributed by atoms with Gasteiger partial charge in [0.1, 0.15) is 5.76 Å². The van der Waals surface area contributed by atoms with Gasteiger partial charge >= 0.3 is 0 Å². The van der Waals surface area contributed by atoms with Crippen molar-refractivity contribution in [1.29, 1.82) is 0 Å². The molecular formula is C37H45N3O2. The van der Waals surface area contributed by atoms with Crippen LogP contribution in [-0.4, -0.2) is 52.8 Å². The van der Waals surface area contributed by atoms with Gasteiger partial charge in [0.25, 0.3) is 5.91 Å². The Morgan fingerprint density at radius 2 is 1.33 bits per heavy atom. The summed E-state index contributed by atoms with van der Waals surface area (Å²) in [7, 11) is 0. The maximum absolute atomic E-state index is 13.5. The fraction of sp³-hybridized carbons (Fsp3) is 0.378. The van der Waals surface area contributed by atoms with Crippen molar-refractivity contribution in [2.75, 3.05) is 26.2 Å². The molecule has 1 aromatic heterocycles. The highest BCUT2D eigenvalue weighted by Gasteiger charge is 2.29. The van der Waals surface area contributed by atoms with Crippen LogP contribution in [0.1, 0.15) is 79.2 Å². The molecule has 0 bridgehead atoms. The molecule has 220 valence electrons. The molecule has 4 aromatic rings. The minimum absolute atomic E-state index is 0.0225. The molecule has 42 heavy (non-hydrogen) atoms. The number of rotatable bonds is 9. The van der Waals surface area contributed by atoms with Crippen molar-refractivity contribution < 1.29 is 9.21 Å². The Balaban J connectivity index is 1.21. The van der Waals surface area contributed by atoms with Gasteiger partial charge in [0, 0.05) is 38.8 Å². The van der Waals surface area contributed by atoms with Gasteiger partial charge in [-0.1, -0.05) is 106 Å². The summed E-state index contributed by atoms with van der Waals surface area (Å²) in [5.74, 6) is 1.23. The van der Waals surface area contributed by atoms with Gasteiger partial charge in [-0.05, 0) is 53.6 Å². The summed E-state index contributed by atoms with van der Waals surface area (Å²) in [6, 6.07) is 34.5. The van der Waals surface area contributed by atoms with Crippen molar-refractivity contribution >= 4 is 5.91 Å². The van der Waals surface area contributed by atoms with Crippen LogP contribution in [0.5, 0.6) is 0 Å². The number of hydrogen-bond donors (Lipinski definition) is 0. The van der Waals surface area contributed by atoms with Crippen LogP contribution in [0.4, 0.5) is 0 Å². The first-order chi connectivity index (χ1) is 20.2. The number of piperazine rings is 1. The molecule has 5 rings (SSSR count). The highest BCUT2D eigenvalue weighted by atomic mass is 16.4. The molecule has 0 unspecified atom stereocenters. The van der Waals surface area contributed by atoms with E-state index in [1.165, 1.54) is 22.3 Å². The zero-order valence-electron chi connectivity index (χ0n) is 25.8. The number of hydrogen-bond acceptors (Lipinski definition) is 4. The summed E-state index contributed by atoms with van der Waals surface area (Å²) in [5.41, 5.74) is 5.32. The van der Waals surface area contributed by atoms with Crippen molar-refractivity contribution in [1.82, 2.24) is 14.7 Å².